The molecule has 4 rings (SSSR count). The molecule has 2 aromatic heterocycles. The lowest BCUT2D eigenvalue weighted by molar-refractivity contribution is -0.145. The summed E-state index contributed by atoms with van der Waals surface area (Å²) >= 11 is 1.41. The summed E-state index contributed by atoms with van der Waals surface area (Å²) in [5.74, 6) is 0.00539. The van der Waals surface area contributed by atoms with Crippen molar-refractivity contribution in [2.45, 2.75) is 37.3 Å². The van der Waals surface area contributed by atoms with Crippen molar-refractivity contribution < 1.29 is 19.1 Å². The number of nitrogens with zero attached hydrogens (tertiary/aromatic N) is 4. The van der Waals surface area contributed by atoms with Gasteiger partial charge in [0.25, 0.3) is 5.78 Å². The Balaban J connectivity index is 1.50. The predicted molar refractivity (Wildman–Crippen MR) is 101 cm³/mol. The predicted octanol–water partition coefficient (Wildman–Crippen LogP) is 2.51. The number of carbonyl (C=O) groups excluding carboxylic acids is 2. The van der Waals surface area contributed by atoms with Crippen LogP contribution >= 0.6 is 11.8 Å². The number of esters is 2. The summed E-state index contributed by atoms with van der Waals surface area (Å²) in [5.41, 5.74) is 3.04. The number of hydrogen-bond acceptors (Lipinski definition) is 8. The Hall–Kier alpha value is -2.94. The van der Waals surface area contributed by atoms with Crippen LogP contribution in [0.25, 0.3) is 5.78 Å². The molecule has 1 fully saturated rings. The van der Waals surface area contributed by atoms with Crippen LogP contribution in [0.3, 0.4) is 0 Å². The molecule has 0 amide bonds. The van der Waals surface area contributed by atoms with Crippen molar-refractivity contribution in [3.63, 3.8) is 0 Å². The number of thioether (sulfide) groups is 1. The van der Waals surface area contributed by atoms with Gasteiger partial charge in [0.2, 0.25) is 11.3 Å². The second-order valence-corrected chi connectivity index (χ2v) is 7.38. The Labute approximate surface area is 165 Å². The quantitative estimate of drug-likeness (QED) is 0.478. The van der Waals surface area contributed by atoms with Crippen molar-refractivity contribution in [2.75, 3.05) is 6.61 Å². The van der Waals surface area contributed by atoms with Crippen molar-refractivity contribution >= 4 is 29.5 Å². The van der Waals surface area contributed by atoms with Crippen LogP contribution in [0.15, 0.2) is 35.5 Å². The molecule has 0 unspecified atom stereocenters. The van der Waals surface area contributed by atoms with Crippen LogP contribution in [0.1, 0.15) is 33.7 Å². The molecule has 0 radical (unpaired) electrons. The van der Waals surface area contributed by atoms with Crippen LogP contribution in [0.2, 0.25) is 0 Å². The van der Waals surface area contributed by atoms with Gasteiger partial charge in [0.1, 0.15) is 0 Å². The van der Waals surface area contributed by atoms with Crippen LogP contribution in [0, 0.1) is 13.8 Å². The molecule has 28 heavy (non-hydrogen) atoms. The summed E-state index contributed by atoms with van der Waals surface area (Å²) in [4.78, 5) is 32.9. The number of cyclic esters (lactones) is 1. The number of fused-ring (bicyclic) bond motifs is 1. The molecule has 1 aliphatic rings. The standard InChI is InChI=1S/C19H18N4O4S/c1-11-9-12(2)23-18(20-11)21-19(22-23)28-10-13-5-3-4-6-14(13)16(24)27-15-7-8-26-17(15)25/h3-6,9,15H,7-8,10H2,1-2H3/t15-/m0/s1. The minimum Gasteiger partial charge on any atom is -0.463 e. The largest absolute Gasteiger partial charge is 0.463 e. The number of ether oxygens (including phenoxy) is 2. The molecule has 1 atom stereocenters. The maximum Gasteiger partial charge on any atom is 0.347 e. The highest BCUT2D eigenvalue weighted by atomic mass is 32.2. The number of carbonyl (C=O) groups is 2. The molecule has 8 nitrogen and oxygen atoms in total. The summed E-state index contributed by atoms with van der Waals surface area (Å²) in [5, 5.41) is 5.04. The molecular weight excluding hydrogens is 380 g/mol. The van der Waals surface area contributed by atoms with E-state index in [0.717, 1.165) is 17.0 Å². The van der Waals surface area contributed by atoms with Crippen LogP contribution in [0.5, 0.6) is 0 Å². The molecule has 0 spiro atoms. The SMILES string of the molecule is Cc1cc(C)n2nc(SCc3ccccc3C(=O)O[C@H]3CCOC3=O)nc2n1. The van der Waals surface area contributed by atoms with Crippen molar-refractivity contribution in [1.82, 2.24) is 19.6 Å². The third-order valence-corrected chi connectivity index (χ3v) is 5.22. The summed E-state index contributed by atoms with van der Waals surface area (Å²) in [6.07, 6.45) is -0.441. The van der Waals surface area contributed by atoms with E-state index in [0.29, 0.717) is 28.7 Å². The third kappa shape index (κ3) is 3.70. The highest BCUT2D eigenvalue weighted by Crippen LogP contribution is 2.24. The number of hydrogen-bond donors (Lipinski definition) is 0. The molecule has 0 saturated carbocycles. The molecule has 9 heteroatoms. The average Bonchev–Trinajstić information content (AvgIpc) is 3.26. The fourth-order valence-electron chi connectivity index (χ4n) is 2.97. The van der Waals surface area contributed by atoms with Gasteiger partial charge in [-0.2, -0.15) is 4.98 Å². The van der Waals surface area contributed by atoms with Gasteiger partial charge >= 0.3 is 11.9 Å². The second-order valence-electron chi connectivity index (χ2n) is 6.44. The van der Waals surface area contributed by atoms with Crippen LogP contribution in [-0.2, 0) is 20.0 Å². The lowest BCUT2D eigenvalue weighted by Crippen LogP contribution is -2.23. The van der Waals surface area contributed by atoms with Gasteiger partial charge in [0.15, 0.2) is 0 Å². The van der Waals surface area contributed by atoms with E-state index in [4.69, 9.17) is 9.47 Å². The monoisotopic (exact) mass is 398 g/mol. The average molecular weight is 398 g/mol. The molecule has 0 bridgehead atoms. The maximum absolute atomic E-state index is 12.5. The van der Waals surface area contributed by atoms with Crippen molar-refractivity contribution in [2.24, 2.45) is 0 Å². The number of rotatable bonds is 5. The fraction of sp³-hybridized carbons (Fsp3) is 0.316. The van der Waals surface area contributed by atoms with Gasteiger partial charge in [-0.3, -0.25) is 0 Å². The van der Waals surface area contributed by atoms with E-state index in [2.05, 4.69) is 15.1 Å². The first kappa shape index (κ1) is 18.4. The van der Waals surface area contributed by atoms with Crippen LogP contribution in [-0.4, -0.2) is 44.2 Å². The highest BCUT2D eigenvalue weighted by Gasteiger charge is 2.31. The van der Waals surface area contributed by atoms with Crippen molar-refractivity contribution in [3.8, 4) is 0 Å². The minimum atomic E-state index is -0.828. The molecule has 1 aliphatic heterocycles. The van der Waals surface area contributed by atoms with E-state index in [-0.39, 0.29) is 6.61 Å². The van der Waals surface area contributed by atoms with Gasteiger partial charge in [0, 0.05) is 23.6 Å². The summed E-state index contributed by atoms with van der Waals surface area (Å²) in [7, 11) is 0. The molecule has 144 valence electrons. The molecule has 0 aliphatic carbocycles. The Morgan fingerprint density at radius 2 is 2.14 bits per heavy atom. The van der Waals surface area contributed by atoms with Gasteiger partial charge in [-0.15, -0.1) is 5.10 Å². The minimum absolute atomic E-state index is 0.279. The number of benzene rings is 1. The first-order valence-corrected chi connectivity index (χ1v) is 9.79. The van der Waals surface area contributed by atoms with E-state index in [9.17, 15) is 9.59 Å². The lowest BCUT2D eigenvalue weighted by Gasteiger charge is -2.11. The van der Waals surface area contributed by atoms with E-state index < -0.39 is 18.0 Å². The fourth-order valence-corrected chi connectivity index (χ4v) is 3.80. The zero-order valence-corrected chi connectivity index (χ0v) is 16.2. The molecule has 1 saturated heterocycles. The number of aromatic nitrogens is 4. The van der Waals surface area contributed by atoms with E-state index in [1.165, 1.54) is 11.8 Å². The lowest BCUT2D eigenvalue weighted by atomic mass is 10.1. The van der Waals surface area contributed by atoms with E-state index in [1.54, 1.807) is 16.6 Å². The first-order chi connectivity index (χ1) is 13.5. The Morgan fingerprint density at radius 1 is 1.32 bits per heavy atom. The maximum atomic E-state index is 12.5. The van der Waals surface area contributed by atoms with Gasteiger partial charge in [-0.1, -0.05) is 30.0 Å². The summed E-state index contributed by atoms with van der Waals surface area (Å²) < 4.78 is 11.8. The topological polar surface area (TPSA) is 95.7 Å². The molecule has 3 heterocycles. The van der Waals surface area contributed by atoms with Gasteiger partial charge in [-0.25, -0.2) is 19.1 Å². The Morgan fingerprint density at radius 3 is 2.93 bits per heavy atom. The smallest absolute Gasteiger partial charge is 0.347 e. The van der Waals surface area contributed by atoms with Crippen molar-refractivity contribution in [1.29, 1.82) is 0 Å². The van der Waals surface area contributed by atoms with E-state index in [1.807, 2.05) is 32.0 Å². The first-order valence-electron chi connectivity index (χ1n) is 8.80. The molecule has 1 aromatic carbocycles. The van der Waals surface area contributed by atoms with Crippen LogP contribution in [0.4, 0.5) is 0 Å². The summed E-state index contributed by atoms with van der Waals surface area (Å²) in [6, 6.07) is 9.08. The molecular formula is C19H18N4O4S. The van der Waals surface area contributed by atoms with Gasteiger partial charge in [-0.05, 0) is 31.5 Å². The van der Waals surface area contributed by atoms with Crippen molar-refractivity contribution in [3.05, 3.63) is 52.8 Å². The molecule has 3 aromatic rings. The zero-order chi connectivity index (χ0) is 19.7. The number of aryl methyl sites for hydroxylation is 2. The zero-order valence-electron chi connectivity index (χ0n) is 15.4. The van der Waals surface area contributed by atoms with Crippen LogP contribution < -0.4 is 0 Å². The van der Waals surface area contributed by atoms with Gasteiger partial charge < -0.3 is 9.47 Å². The van der Waals surface area contributed by atoms with Gasteiger partial charge in [0.05, 0.1) is 12.2 Å². The normalized spacial score (nSPS) is 16.4. The second kappa shape index (κ2) is 7.59. The third-order valence-electron chi connectivity index (χ3n) is 4.33. The Bertz CT molecular complexity index is 1070. The summed E-state index contributed by atoms with van der Waals surface area (Å²) in [6.45, 7) is 4.14. The Kier molecular flexibility index (Phi) is 4.99. The highest BCUT2D eigenvalue weighted by molar-refractivity contribution is 7.98. The molecule has 0 N–H and O–H groups in total. The van der Waals surface area contributed by atoms with E-state index >= 15 is 0 Å².